The van der Waals surface area contributed by atoms with Crippen molar-refractivity contribution in [2.75, 3.05) is 0 Å². The zero-order valence-corrected chi connectivity index (χ0v) is 14.7. The average Bonchev–Trinajstić information content (AvgIpc) is 2.23. The molecule has 0 aromatic rings. The first-order chi connectivity index (χ1) is 8.89. The maximum absolute atomic E-state index is 6.24. The summed E-state index contributed by atoms with van der Waals surface area (Å²) in [6, 6.07) is 0. The van der Waals surface area contributed by atoms with Gasteiger partial charge in [-0.3, -0.25) is 0 Å². The van der Waals surface area contributed by atoms with Crippen LogP contribution in [0.15, 0.2) is 12.2 Å². The van der Waals surface area contributed by atoms with Crippen LogP contribution >= 0.6 is 0 Å². The molecule has 1 aliphatic rings. The van der Waals surface area contributed by atoms with Crippen molar-refractivity contribution in [2.24, 2.45) is 11.3 Å². The Bertz CT molecular complexity index is 265. The molecule has 0 fully saturated rings. The summed E-state index contributed by atoms with van der Waals surface area (Å²) in [5.41, 5.74) is 0.271. The van der Waals surface area contributed by atoms with E-state index in [1.807, 2.05) is 0 Å². The molecular weight excluding hydrogens is 248 g/mol. The van der Waals surface area contributed by atoms with E-state index in [9.17, 15) is 0 Å². The molecule has 0 amide bonds. The first kappa shape index (κ1) is 17.0. The molecular formula is C17H33OSi. The quantitative estimate of drug-likeness (QED) is 0.472. The van der Waals surface area contributed by atoms with Crippen molar-refractivity contribution in [1.29, 1.82) is 0 Å². The Hall–Kier alpha value is -0.0831. The minimum atomic E-state index is -0.599. The molecule has 1 nitrogen and oxygen atoms in total. The van der Waals surface area contributed by atoms with Gasteiger partial charge in [-0.1, -0.05) is 45.8 Å². The predicted molar refractivity (Wildman–Crippen MR) is 86.8 cm³/mol. The zero-order valence-electron chi connectivity index (χ0n) is 13.7. The summed E-state index contributed by atoms with van der Waals surface area (Å²) in [6.45, 7) is 11.4. The molecule has 0 aromatic carbocycles. The average molecular weight is 282 g/mol. The fourth-order valence-corrected chi connectivity index (χ4v) is 3.83. The topological polar surface area (TPSA) is 9.23 Å². The largest absolute Gasteiger partial charge is 0.414 e. The van der Waals surface area contributed by atoms with Crippen LogP contribution < -0.4 is 0 Å². The van der Waals surface area contributed by atoms with E-state index in [0.717, 1.165) is 5.92 Å². The van der Waals surface area contributed by atoms with E-state index in [1.165, 1.54) is 44.9 Å². The molecule has 0 aliphatic heterocycles. The van der Waals surface area contributed by atoms with Crippen LogP contribution in [0.1, 0.15) is 65.7 Å². The summed E-state index contributed by atoms with van der Waals surface area (Å²) in [6.07, 6.45) is 14.7. The Labute approximate surface area is 122 Å². The molecule has 0 aromatic heterocycles. The lowest BCUT2D eigenvalue weighted by atomic mass is 9.83. The van der Waals surface area contributed by atoms with Gasteiger partial charge in [0.05, 0.1) is 0 Å². The van der Waals surface area contributed by atoms with E-state index < -0.39 is 9.04 Å². The first-order valence-electron chi connectivity index (χ1n) is 8.03. The lowest BCUT2D eigenvalue weighted by Crippen LogP contribution is -2.33. The zero-order chi connectivity index (χ0) is 14.3. The number of hydrogen-bond acceptors (Lipinski definition) is 1. The van der Waals surface area contributed by atoms with Crippen molar-refractivity contribution in [3.8, 4) is 0 Å². The summed E-state index contributed by atoms with van der Waals surface area (Å²) in [7, 11) is -0.599. The summed E-state index contributed by atoms with van der Waals surface area (Å²) in [5.74, 6) is 0.790. The third-order valence-electron chi connectivity index (χ3n) is 4.00. The highest BCUT2D eigenvalue weighted by Crippen LogP contribution is 2.30. The summed E-state index contributed by atoms with van der Waals surface area (Å²) >= 11 is 0. The van der Waals surface area contributed by atoms with Crippen LogP contribution in [-0.2, 0) is 4.43 Å². The summed E-state index contributed by atoms with van der Waals surface area (Å²) in [5, 5.41) is 0. The van der Waals surface area contributed by atoms with Crippen LogP contribution in [0, 0.1) is 11.3 Å². The molecule has 0 N–H and O–H groups in total. The molecule has 0 heterocycles. The van der Waals surface area contributed by atoms with E-state index in [-0.39, 0.29) is 5.41 Å². The first-order valence-corrected chi connectivity index (χ1v) is 10.4. The molecule has 2 heteroatoms. The van der Waals surface area contributed by atoms with Crippen molar-refractivity contribution in [3.05, 3.63) is 12.2 Å². The minimum absolute atomic E-state index is 0.271. The van der Waals surface area contributed by atoms with Gasteiger partial charge >= 0.3 is 0 Å². The van der Waals surface area contributed by atoms with Gasteiger partial charge in [0.2, 0.25) is 9.04 Å². The van der Waals surface area contributed by atoms with Crippen LogP contribution in [0.3, 0.4) is 0 Å². The minimum Gasteiger partial charge on any atom is -0.414 e. The molecule has 2 atom stereocenters. The Morgan fingerprint density at radius 3 is 2.58 bits per heavy atom. The standard InChI is InChI=1S/C17H33OSi/c1-17(2,3)16(18-19(4)5)14-13-15-11-9-7-6-8-10-12-15/h9,11,15-16H,6-8,10,12-14H2,1-5H3/b11-9-. The SMILES string of the molecule is C[Si](C)OC(CCC1/C=C\CCCCC1)C(C)(C)C. The van der Waals surface area contributed by atoms with Gasteiger partial charge in [0.1, 0.15) is 0 Å². The highest BCUT2D eigenvalue weighted by Gasteiger charge is 2.26. The van der Waals surface area contributed by atoms with Gasteiger partial charge in [0.15, 0.2) is 0 Å². The van der Waals surface area contributed by atoms with Crippen molar-refractivity contribution in [2.45, 2.75) is 84.9 Å². The Balaban J connectivity index is 2.47. The lowest BCUT2D eigenvalue weighted by Gasteiger charge is -2.33. The molecule has 2 unspecified atom stereocenters. The van der Waals surface area contributed by atoms with Crippen LogP contribution in [0.25, 0.3) is 0 Å². The van der Waals surface area contributed by atoms with Gasteiger partial charge in [0, 0.05) is 6.10 Å². The Morgan fingerprint density at radius 2 is 1.95 bits per heavy atom. The smallest absolute Gasteiger partial charge is 0.205 e. The third kappa shape index (κ3) is 7.31. The van der Waals surface area contributed by atoms with Gasteiger partial charge in [0.25, 0.3) is 0 Å². The highest BCUT2D eigenvalue weighted by molar-refractivity contribution is 6.48. The van der Waals surface area contributed by atoms with Gasteiger partial charge in [-0.05, 0) is 56.5 Å². The lowest BCUT2D eigenvalue weighted by molar-refractivity contribution is 0.0733. The molecule has 1 rings (SSSR count). The van der Waals surface area contributed by atoms with Crippen molar-refractivity contribution >= 4 is 9.04 Å². The summed E-state index contributed by atoms with van der Waals surface area (Å²) < 4.78 is 6.24. The van der Waals surface area contributed by atoms with E-state index in [4.69, 9.17) is 4.43 Å². The van der Waals surface area contributed by atoms with Crippen molar-refractivity contribution in [3.63, 3.8) is 0 Å². The summed E-state index contributed by atoms with van der Waals surface area (Å²) in [4.78, 5) is 0. The molecule has 19 heavy (non-hydrogen) atoms. The Kier molecular flexibility index (Phi) is 7.38. The van der Waals surface area contributed by atoms with Crippen LogP contribution in [0.4, 0.5) is 0 Å². The molecule has 0 saturated carbocycles. The predicted octanol–water partition coefficient (Wildman–Crippen LogP) is 5.59. The monoisotopic (exact) mass is 281 g/mol. The van der Waals surface area contributed by atoms with E-state index in [2.05, 4.69) is 46.0 Å². The second kappa shape index (κ2) is 8.26. The van der Waals surface area contributed by atoms with Crippen LogP contribution in [-0.4, -0.2) is 15.1 Å². The van der Waals surface area contributed by atoms with Crippen molar-refractivity contribution < 1.29 is 4.43 Å². The number of rotatable bonds is 5. The van der Waals surface area contributed by atoms with E-state index >= 15 is 0 Å². The van der Waals surface area contributed by atoms with Gasteiger partial charge in [-0.2, -0.15) is 0 Å². The van der Waals surface area contributed by atoms with Crippen LogP contribution in [0.2, 0.25) is 13.1 Å². The second-order valence-corrected chi connectivity index (χ2v) is 9.34. The second-order valence-electron chi connectivity index (χ2n) is 7.28. The number of allylic oxidation sites excluding steroid dienone is 2. The third-order valence-corrected chi connectivity index (χ3v) is 4.75. The van der Waals surface area contributed by atoms with Gasteiger partial charge < -0.3 is 4.43 Å². The molecule has 111 valence electrons. The fraction of sp³-hybridized carbons (Fsp3) is 0.882. The van der Waals surface area contributed by atoms with Gasteiger partial charge in [-0.25, -0.2) is 0 Å². The van der Waals surface area contributed by atoms with E-state index in [0.29, 0.717) is 6.10 Å². The van der Waals surface area contributed by atoms with Crippen molar-refractivity contribution in [1.82, 2.24) is 0 Å². The fourth-order valence-electron chi connectivity index (χ4n) is 2.79. The highest BCUT2D eigenvalue weighted by atomic mass is 28.3. The molecule has 1 radical (unpaired) electrons. The maximum atomic E-state index is 6.24. The molecule has 0 saturated heterocycles. The normalized spacial score (nSPS) is 24.8. The molecule has 0 spiro atoms. The number of hydrogen-bond donors (Lipinski definition) is 0. The Morgan fingerprint density at radius 1 is 1.21 bits per heavy atom. The van der Waals surface area contributed by atoms with Crippen LogP contribution in [0.5, 0.6) is 0 Å². The molecule has 1 aliphatic carbocycles. The maximum Gasteiger partial charge on any atom is 0.205 e. The van der Waals surface area contributed by atoms with E-state index in [1.54, 1.807) is 0 Å². The van der Waals surface area contributed by atoms with Gasteiger partial charge in [-0.15, -0.1) is 0 Å². The molecule has 0 bridgehead atoms.